The van der Waals surface area contributed by atoms with Gasteiger partial charge in [-0.1, -0.05) is 25.4 Å². The van der Waals surface area contributed by atoms with Crippen LogP contribution in [0.2, 0.25) is 5.02 Å². The number of amides is 1. The van der Waals surface area contributed by atoms with Gasteiger partial charge in [0, 0.05) is 23.6 Å². The number of hydrogen-bond donors (Lipinski definition) is 0. The first-order valence-electron chi connectivity index (χ1n) is 5.62. The molecule has 0 fully saturated rings. The predicted molar refractivity (Wildman–Crippen MR) is 75.6 cm³/mol. The van der Waals surface area contributed by atoms with E-state index < -0.39 is 0 Å². The van der Waals surface area contributed by atoms with Crippen LogP contribution in [0.15, 0.2) is 22.7 Å². The molecular formula is C13H17BrClNO. The lowest BCUT2D eigenvalue weighted by Gasteiger charge is -2.18. The lowest BCUT2D eigenvalue weighted by atomic mass is 10.1. The Kier molecular flexibility index (Phi) is 5.47. The van der Waals surface area contributed by atoms with Gasteiger partial charge < -0.3 is 4.90 Å². The summed E-state index contributed by atoms with van der Waals surface area (Å²) in [5.41, 5.74) is 0.629. The zero-order chi connectivity index (χ0) is 13.0. The number of halogens is 2. The number of rotatable bonds is 4. The highest BCUT2D eigenvalue weighted by Crippen LogP contribution is 2.23. The molecule has 0 aliphatic carbocycles. The van der Waals surface area contributed by atoms with E-state index in [2.05, 4.69) is 29.8 Å². The molecule has 0 aliphatic rings. The fourth-order valence-electron chi connectivity index (χ4n) is 1.40. The van der Waals surface area contributed by atoms with Gasteiger partial charge in [0.2, 0.25) is 0 Å². The van der Waals surface area contributed by atoms with Crippen molar-refractivity contribution in [2.45, 2.75) is 20.3 Å². The topological polar surface area (TPSA) is 20.3 Å². The molecule has 0 saturated carbocycles. The summed E-state index contributed by atoms with van der Waals surface area (Å²) in [4.78, 5) is 13.8. The molecule has 1 aromatic rings. The highest BCUT2D eigenvalue weighted by molar-refractivity contribution is 9.10. The second-order valence-electron chi connectivity index (χ2n) is 4.54. The maximum atomic E-state index is 12.1. The molecule has 17 heavy (non-hydrogen) atoms. The van der Waals surface area contributed by atoms with E-state index in [1.54, 1.807) is 23.1 Å². The zero-order valence-corrected chi connectivity index (χ0v) is 12.7. The first kappa shape index (κ1) is 14.5. The van der Waals surface area contributed by atoms with Crippen molar-refractivity contribution in [3.05, 3.63) is 33.3 Å². The minimum absolute atomic E-state index is 0.0139. The molecule has 0 saturated heterocycles. The summed E-state index contributed by atoms with van der Waals surface area (Å²) in [5, 5.41) is 0.563. The predicted octanol–water partition coefficient (Wildman–Crippen LogP) is 4.22. The zero-order valence-electron chi connectivity index (χ0n) is 10.3. The van der Waals surface area contributed by atoms with Gasteiger partial charge in [0.1, 0.15) is 0 Å². The van der Waals surface area contributed by atoms with Crippen LogP contribution in [-0.4, -0.2) is 24.4 Å². The summed E-state index contributed by atoms with van der Waals surface area (Å²) in [7, 11) is 1.82. The molecule has 0 radical (unpaired) electrons. The monoisotopic (exact) mass is 317 g/mol. The Hall–Kier alpha value is -0.540. The van der Waals surface area contributed by atoms with E-state index in [4.69, 9.17) is 11.6 Å². The number of carbonyl (C=O) groups excluding carboxylic acids is 1. The molecule has 0 spiro atoms. The van der Waals surface area contributed by atoms with Gasteiger partial charge in [-0.15, -0.1) is 0 Å². The fraction of sp³-hybridized carbons (Fsp3) is 0.462. The van der Waals surface area contributed by atoms with Crippen LogP contribution < -0.4 is 0 Å². The summed E-state index contributed by atoms with van der Waals surface area (Å²) in [6.45, 7) is 5.06. The molecule has 0 N–H and O–H groups in total. The van der Waals surface area contributed by atoms with E-state index in [-0.39, 0.29) is 5.91 Å². The Morgan fingerprint density at radius 2 is 2.12 bits per heavy atom. The van der Waals surface area contributed by atoms with E-state index in [0.717, 1.165) is 17.4 Å². The van der Waals surface area contributed by atoms with Gasteiger partial charge in [0.25, 0.3) is 5.91 Å². The molecule has 1 amide bonds. The molecule has 2 nitrogen and oxygen atoms in total. The molecule has 1 rings (SSSR count). The third-order valence-electron chi connectivity index (χ3n) is 2.56. The standard InChI is InChI=1S/C13H17BrClNO/c1-9(2)6-7-16(3)13(17)10-4-5-11(14)12(15)8-10/h4-5,8-9H,6-7H2,1-3H3. The van der Waals surface area contributed by atoms with Crippen LogP contribution in [0.5, 0.6) is 0 Å². The van der Waals surface area contributed by atoms with Crippen molar-refractivity contribution in [1.29, 1.82) is 0 Å². The second kappa shape index (κ2) is 6.41. The Bertz CT molecular complexity index is 406. The summed E-state index contributed by atoms with van der Waals surface area (Å²) >= 11 is 9.28. The number of carbonyl (C=O) groups is 1. The maximum Gasteiger partial charge on any atom is 0.253 e. The molecule has 0 atom stereocenters. The van der Waals surface area contributed by atoms with Gasteiger partial charge in [-0.3, -0.25) is 4.79 Å². The van der Waals surface area contributed by atoms with Gasteiger partial charge in [-0.2, -0.15) is 0 Å². The van der Waals surface area contributed by atoms with Crippen molar-refractivity contribution in [3.8, 4) is 0 Å². The third-order valence-corrected chi connectivity index (χ3v) is 3.79. The normalized spacial score (nSPS) is 10.7. The third kappa shape index (κ3) is 4.32. The van der Waals surface area contributed by atoms with Gasteiger partial charge in [0.15, 0.2) is 0 Å². The summed E-state index contributed by atoms with van der Waals surface area (Å²) in [6.07, 6.45) is 1.01. The highest BCUT2D eigenvalue weighted by Gasteiger charge is 2.13. The van der Waals surface area contributed by atoms with E-state index in [0.29, 0.717) is 16.5 Å². The fourth-order valence-corrected chi connectivity index (χ4v) is 1.83. The molecular weight excluding hydrogens is 302 g/mol. The van der Waals surface area contributed by atoms with Crippen LogP contribution in [0, 0.1) is 5.92 Å². The van der Waals surface area contributed by atoms with Gasteiger partial charge in [-0.05, 0) is 46.5 Å². The van der Waals surface area contributed by atoms with E-state index in [1.807, 2.05) is 7.05 Å². The minimum atomic E-state index is 0.0139. The van der Waals surface area contributed by atoms with Crippen LogP contribution in [0.3, 0.4) is 0 Å². The summed E-state index contributed by atoms with van der Waals surface area (Å²) in [6, 6.07) is 5.27. The van der Waals surface area contributed by atoms with Crippen molar-refractivity contribution in [3.63, 3.8) is 0 Å². The molecule has 4 heteroatoms. The van der Waals surface area contributed by atoms with E-state index in [1.165, 1.54) is 0 Å². The smallest absolute Gasteiger partial charge is 0.253 e. The van der Waals surface area contributed by atoms with Crippen LogP contribution in [0.1, 0.15) is 30.6 Å². The van der Waals surface area contributed by atoms with Gasteiger partial charge in [0.05, 0.1) is 5.02 Å². The van der Waals surface area contributed by atoms with Crippen molar-refractivity contribution in [1.82, 2.24) is 4.90 Å². The molecule has 0 unspecified atom stereocenters. The van der Waals surface area contributed by atoms with Crippen molar-refractivity contribution < 1.29 is 4.79 Å². The Morgan fingerprint density at radius 3 is 2.65 bits per heavy atom. The van der Waals surface area contributed by atoms with E-state index in [9.17, 15) is 4.79 Å². The Morgan fingerprint density at radius 1 is 1.47 bits per heavy atom. The molecule has 0 aliphatic heterocycles. The maximum absolute atomic E-state index is 12.1. The van der Waals surface area contributed by atoms with Crippen LogP contribution in [0.25, 0.3) is 0 Å². The summed E-state index contributed by atoms with van der Waals surface area (Å²) < 4.78 is 0.806. The van der Waals surface area contributed by atoms with E-state index >= 15 is 0 Å². The SMILES string of the molecule is CC(C)CCN(C)C(=O)c1ccc(Br)c(Cl)c1. The van der Waals surface area contributed by atoms with Gasteiger partial charge in [-0.25, -0.2) is 0 Å². The lowest BCUT2D eigenvalue weighted by molar-refractivity contribution is 0.0789. The Labute approximate surface area is 116 Å². The largest absolute Gasteiger partial charge is 0.342 e. The minimum Gasteiger partial charge on any atom is -0.342 e. The van der Waals surface area contributed by atoms with Crippen molar-refractivity contribution in [2.75, 3.05) is 13.6 Å². The van der Waals surface area contributed by atoms with Crippen LogP contribution in [0.4, 0.5) is 0 Å². The molecule has 1 aromatic carbocycles. The first-order chi connectivity index (χ1) is 7.91. The average Bonchev–Trinajstić information content (AvgIpc) is 2.28. The molecule has 0 bridgehead atoms. The molecule has 0 aromatic heterocycles. The van der Waals surface area contributed by atoms with Gasteiger partial charge >= 0.3 is 0 Å². The second-order valence-corrected chi connectivity index (χ2v) is 5.80. The molecule has 0 heterocycles. The first-order valence-corrected chi connectivity index (χ1v) is 6.79. The molecule has 94 valence electrons. The summed E-state index contributed by atoms with van der Waals surface area (Å²) in [5.74, 6) is 0.610. The average molecular weight is 319 g/mol. The van der Waals surface area contributed by atoms with Crippen LogP contribution >= 0.6 is 27.5 Å². The lowest BCUT2D eigenvalue weighted by Crippen LogP contribution is -2.28. The quantitative estimate of drug-likeness (QED) is 0.814. The number of benzene rings is 1. The highest BCUT2D eigenvalue weighted by atomic mass is 79.9. The number of hydrogen-bond acceptors (Lipinski definition) is 1. The number of nitrogens with zero attached hydrogens (tertiary/aromatic N) is 1. The van der Waals surface area contributed by atoms with Crippen LogP contribution in [-0.2, 0) is 0 Å². The van der Waals surface area contributed by atoms with Crippen molar-refractivity contribution in [2.24, 2.45) is 5.92 Å². The Balaban J connectivity index is 2.71. The van der Waals surface area contributed by atoms with Crippen molar-refractivity contribution >= 4 is 33.4 Å².